The summed E-state index contributed by atoms with van der Waals surface area (Å²) in [4.78, 5) is 10.5. The predicted molar refractivity (Wildman–Crippen MR) is 37.5 cm³/mol. The largest absolute Gasteiger partial charge is 0.711 e. The van der Waals surface area contributed by atoms with Crippen molar-refractivity contribution in [3.05, 3.63) is 0 Å². The van der Waals surface area contributed by atoms with Gasteiger partial charge >= 0.3 is 13.5 Å². The number of hydrogen-bond donors (Lipinski definition) is 2. The Morgan fingerprint density at radius 3 is 2.09 bits per heavy atom. The third-order valence-corrected chi connectivity index (χ3v) is 0.591. The zero-order valence-electron chi connectivity index (χ0n) is 6.70. The van der Waals surface area contributed by atoms with Crippen molar-refractivity contribution in [2.45, 2.75) is 26.4 Å². The van der Waals surface area contributed by atoms with Crippen molar-refractivity contribution in [1.29, 1.82) is 0 Å². The summed E-state index contributed by atoms with van der Waals surface area (Å²) in [6.45, 7) is 4.91. The van der Waals surface area contributed by atoms with Crippen LogP contribution in [0.1, 0.15) is 20.8 Å². The van der Waals surface area contributed by atoms with Gasteiger partial charge in [0.05, 0.1) is 0 Å². The van der Waals surface area contributed by atoms with Gasteiger partial charge in [-0.15, -0.1) is 0 Å². The molecule has 0 rings (SSSR count). The van der Waals surface area contributed by atoms with E-state index in [-0.39, 0.29) is 0 Å². The molecule has 6 heteroatoms. The minimum absolute atomic E-state index is 0.689. The normalized spacial score (nSPS) is 10.6. The molecule has 0 aromatic heterocycles. The molecule has 0 spiro atoms. The molecule has 2 N–H and O–H groups in total. The summed E-state index contributed by atoms with van der Waals surface area (Å²) in [6.07, 6.45) is -1.10. The summed E-state index contributed by atoms with van der Waals surface area (Å²) in [6, 6.07) is 0. The fourth-order valence-electron chi connectivity index (χ4n) is 0.360. The smallest absolute Gasteiger partial charge is 0.452 e. The second-order valence-electron chi connectivity index (χ2n) is 2.91. The van der Waals surface area contributed by atoms with Gasteiger partial charge in [0.25, 0.3) is 0 Å². The van der Waals surface area contributed by atoms with E-state index in [2.05, 4.69) is 9.39 Å². The zero-order valence-corrected chi connectivity index (χ0v) is 6.70. The topological polar surface area (TPSA) is 76.0 Å². The van der Waals surface area contributed by atoms with Crippen molar-refractivity contribution in [2.75, 3.05) is 0 Å². The van der Waals surface area contributed by atoms with Crippen LogP contribution in [0.2, 0.25) is 0 Å². The van der Waals surface area contributed by atoms with E-state index in [4.69, 9.17) is 10.0 Å². The van der Waals surface area contributed by atoms with Gasteiger partial charge in [-0.1, -0.05) is 0 Å². The lowest BCUT2D eigenvalue weighted by molar-refractivity contribution is 0.0110. The molecule has 0 saturated carbocycles. The average molecular weight is 162 g/mol. The van der Waals surface area contributed by atoms with Gasteiger partial charge in [0.2, 0.25) is 0 Å². The van der Waals surface area contributed by atoms with Crippen molar-refractivity contribution >= 4 is 13.5 Å². The van der Waals surface area contributed by atoms with E-state index >= 15 is 0 Å². The molecule has 0 amide bonds. The molecule has 0 heterocycles. The summed E-state index contributed by atoms with van der Waals surface area (Å²) in [5.41, 5.74) is -0.689. The first kappa shape index (κ1) is 10.3. The molecule has 0 fully saturated rings. The summed E-state index contributed by atoms with van der Waals surface area (Å²) in [5.74, 6) is 0. The van der Waals surface area contributed by atoms with E-state index in [1.165, 1.54) is 0 Å². The van der Waals surface area contributed by atoms with Crippen LogP contribution in [-0.2, 0) is 9.39 Å². The molecule has 0 radical (unpaired) electrons. The van der Waals surface area contributed by atoms with Crippen LogP contribution in [-0.4, -0.2) is 29.1 Å². The van der Waals surface area contributed by atoms with Gasteiger partial charge in [0.15, 0.2) is 0 Å². The fraction of sp³-hybridized carbons (Fsp3) is 0.800. The Bertz CT molecular complexity index is 138. The molecule has 11 heavy (non-hydrogen) atoms. The van der Waals surface area contributed by atoms with Crippen molar-refractivity contribution in [1.82, 2.24) is 0 Å². The van der Waals surface area contributed by atoms with Crippen molar-refractivity contribution in [2.24, 2.45) is 0 Å². The Morgan fingerprint density at radius 1 is 1.36 bits per heavy atom. The molecule has 5 nitrogen and oxygen atoms in total. The van der Waals surface area contributed by atoms with E-state index in [0.717, 1.165) is 0 Å². The lowest BCUT2D eigenvalue weighted by atomic mass is 10.2. The van der Waals surface area contributed by atoms with Crippen molar-refractivity contribution in [3.8, 4) is 0 Å². The summed E-state index contributed by atoms with van der Waals surface area (Å²) < 4.78 is 8.44. The van der Waals surface area contributed by atoms with Gasteiger partial charge in [-0.3, -0.25) is 0 Å². The van der Waals surface area contributed by atoms with Gasteiger partial charge in [-0.25, -0.2) is 4.79 Å². The molecule has 0 unspecified atom stereocenters. The number of hydrogen-bond acceptors (Lipinski definition) is 5. The van der Waals surface area contributed by atoms with Crippen molar-refractivity contribution < 1.29 is 24.2 Å². The van der Waals surface area contributed by atoms with Crippen molar-refractivity contribution in [3.63, 3.8) is 0 Å². The van der Waals surface area contributed by atoms with Crippen LogP contribution in [0, 0.1) is 0 Å². The number of ether oxygens (including phenoxy) is 1. The second-order valence-corrected chi connectivity index (χ2v) is 2.91. The Kier molecular flexibility index (Phi) is 3.35. The van der Waals surface area contributed by atoms with Gasteiger partial charge in [-0.05, 0) is 20.8 Å². The van der Waals surface area contributed by atoms with E-state index in [0.29, 0.717) is 0 Å². The fourth-order valence-corrected chi connectivity index (χ4v) is 0.360. The molecule has 64 valence electrons. The Balaban J connectivity index is 3.71. The predicted octanol–water partition coefficient (Wildman–Crippen LogP) is -0.0924. The summed E-state index contributed by atoms with van der Waals surface area (Å²) >= 11 is 0. The molecule has 0 aromatic carbocycles. The highest BCUT2D eigenvalue weighted by molar-refractivity contribution is 6.35. The van der Waals surface area contributed by atoms with Gasteiger partial charge < -0.3 is 19.4 Å². The van der Waals surface area contributed by atoms with Crippen LogP contribution in [0.15, 0.2) is 0 Å². The Labute approximate surface area is 65.1 Å². The van der Waals surface area contributed by atoms with Gasteiger partial charge in [0.1, 0.15) is 5.60 Å². The van der Waals surface area contributed by atoms with Crippen LogP contribution in [0.4, 0.5) is 4.79 Å². The number of carbonyl (C=O) groups is 1. The minimum Gasteiger partial charge on any atom is -0.452 e. The maximum atomic E-state index is 10.5. The molecule has 0 saturated heterocycles. The van der Waals surface area contributed by atoms with Crippen LogP contribution < -0.4 is 0 Å². The summed E-state index contributed by atoms with van der Waals surface area (Å²) in [5, 5.41) is 16.3. The van der Waals surface area contributed by atoms with Crippen LogP contribution in [0.5, 0.6) is 0 Å². The lowest BCUT2D eigenvalue weighted by Gasteiger charge is -2.18. The highest BCUT2D eigenvalue weighted by Gasteiger charge is 2.22. The number of rotatable bonds is 1. The van der Waals surface area contributed by atoms with Crippen LogP contribution in [0.25, 0.3) is 0 Å². The highest BCUT2D eigenvalue weighted by Crippen LogP contribution is 2.07. The number of carbonyl (C=O) groups excluding carboxylic acids is 1. The molecular weight excluding hydrogens is 151 g/mol. The quantitative estimate of drug-likeness (QED) is 0.416. The zero-order chi connectivity index (χ0) is 9.07. The first-order valence-electron chi connectivity index (χ1n) is 3.07. The molecule has 0 aliphatic carbocycles. The second kappa shape index (κ2) is 3.59. The highest BCUT2D eigenvalue weighted by atomic mass is 16.8. The molecule has 0 aliphatic heterocycles. The SMILES string of the molecule is CC(C)(C)OC(=O)OB(O)O. The lowest BCUT2D eigenvalue weighted by Crippen LogP contribution is -2.29. The summed E-state index contributed by atoms with van der Waals surface area (Å²) in [7, 11) is -2.12. The molecule has 0 aliphatic rings. The van der Waals surface area contributed by atoms with Crippen LogP contribution >= 0.6 is 0 Å². The van der Waals surface area contributed by atoms with E-state index < -0.39 is 19.1 Å². The standard InChI is InChI=1S/C5H11BO5/c1-5(2,3)10-4(7)11-6(8)9/h8-9H,1-3H3. The monoisotopic (exact) mass is 162 g/mol. The molecule has 0 bridgehead atoms. The maximum absolute atomic E-state index is 10.5. The average Bonchev–Trinajstić information content (AvgIpc) is 1.53. The third kappa shape index (κ3) is 7.15. The van der Waals surface area contributed by atoms with E-state index in [1.807, 2.05) is 0 Å². The molecular formula is C5H11BO5. The molecule has 0 atom stereocenters. The Morgan fingerprint density at radius 2 is 1.82 bits per heavy atom. The first-order chi connectivity index (χ1) is 4.81. The maximum Gasteiger partial charge on any atom is 0.711 e. The van der Waals surface area contributed by atoms with Crippen LogP contribution in [0.3, 0.4) is 0 Å². The first-order valence-corrected chi connectivity index (χ1v) is 3.07. The van der Waals surface area contributed by atoms with Gasteiger partial charge in [-0.2, -0.15) is 0 Å². The minimum atomic E-state index is -2.12. The van der Waals surface area contributed by atoms with Gasteiger partial charge in [0, 0.05) is 0 Å². The third-order valence-electron chi connectivity index (χ3n) is 0.591. The van der Waals surface area contributed by atoms with E-state index in [1.54, 1.807) is 20.8 Å². The Hall–Kier alpha value is -0.745. The van der Waals surface area contributed by atoms with E-state index in [9.17, 15) is 4.79 Å². The molecule has 0 aromatic rings.